The van der Waals surface area contributed by atoms with Crippen molar-refractivity contribution >= 4 is 11.3 Å². The molecule has 0 aliphatic heterocycles. The van der Waals surface area contributed by atoms with Gasteiger partial charge in [0.25, 0.3) is 0 Å². The van der Waals surface area contributed by atoms with E-state index in [-0.39, 0.29) is 4.88 Å². The molecule has 0 saturated carbocycles. The van der Waals surface area contributed by atoms with Crippen LogP contribution in [0.25, 0.3) is 0 Å². The van der Waals surface area contributed by atoms with Gasteiger partial charge in [0.1, 0.15) is 6.04 Å². The van der Waals surface area contributed by atoms with Gasteiger partial charge in [0.2, 0.25) is 0 Å². The smallest absolute Gasteiger partial charge is 0.316 e. The van der Waals surface area contributed by atoms with E-state index < -0.39 is 12.2 Å². The predicted molar refractivity (Wildman–Crippen MR) is 46.7 cm³/mol. The maximum Gasteiger partial charge on any atom is 0.408 e. The molecule has 1 rings (SSSR count). The fraction of sp³-hybridized carbons (Fsp3) is 0.500. The molecule has 5 heteroatoms. The second-order valence-corrected chi connectivity index (χ2v) is 3.88. The molecule has 1 heterocycles. The zero-order chi connectivity index (χ0) is 10.1. The number of hydrogen-bond acceptors (Lipinski definition) is 2. The zero-order valence-corrected chi connectivity index (χ0v) is 7.88. The molecule has 0 bridgehead atoms. The Morgan fingerprint density at radius 2 is 2.08 bits per heavy atom. The largest absolute Gasteiger partial charge is 0.408 e. The Kier molecular flexibility index (Phi) is 2.98. The van der Waals surface area contributed by atoms with Gasteiger partial charge in [0.05, 0.1) is 0 Å². The summed E-state index contributed by atoms with van der Waals surface area (Å²) in [6.07, 6.45) is -3.59. The van der Waals surface area contributed by atoms with Crippen molar-refractivity contribution in [3.8, 4) is 0 Å². The molecule has 0 spiro atoms. The first-order valence-electron chi connectivity index (χ1n) is 3.86. The lowest BCUT2D eigenvalue weighted by atomic mass is 10.2. The highest BCUT2D eigenvalue weighted by Crippen LogP contribution is 2.34. The quantitative estimate of drug-likeness (QED) is 0.796. The van der Waals surface area contributed by atoms with Crippen molar-refractivity contribution in [3.05, 3.63) is 21.9 Å². The van der Waals surface area contributed by atoms with Crippen LogP contribution in [0.1, 0.15) is 22.7 Å². The Balaban J connectivity index is 2.83. The molecule has 1 aromatic heterocycles. The summed E-state index contributed by atoms with van der Waals surface area (Å²) in [6.45, 7) is 1.90. The molecule has 0 saturated heterocycles. The van der Waals surface area contributed by atoms with E-state index >= 15 is 0 Å². The van der Waals surface area contributed by atoms with E-state index in [1.807, 2.05) is 6.92 Å². The summed E-state index contributed by atoms with van der Waals surface area (Å²) >= 11 is 1.12. The molecule has 2 N–H and O–H groups in total. The molecular formula is C8H10F3NS. The minimum absolute atomic E-state index is 0.185. The van der Waals surface area contributed by atoms with Crippen LogP contribution in [0.2, 0.25) is 0 Å². The van der Waals surface area contributed by atoms with Crippen molar-refractivity contribution in [1.29, 1.82) is 0 Å². The van der Waals surface area contributed by atoms with Gasteiger partial charge in [0.15, 0.2) is 0 Å². The van der Waals surface area contributed by atoms with Gasteiger partial charge in [-0.2, -0.15) is 13.2 Å². The second kappa shape index (κ2) is 3.67. The summed E-state index contributed by atoms with van der Waals surface area (Å²) in [5.41, 5.74) is 5.03. The van der Waals surface area contributed by atoms with Crippen LogP contribution in [0.4, 0.5) is 13.2 Å². The summed E-state index contributed by atoms with van der Waals surface area (Å²) in [4.78, 5) is 1.11. The average Bonchev–Trinajstić information content (AvgIpc) is 2.48. The van der Waals surface area contributed by atoms with Crippen LogP contribution < -0.4 is 5.73 Å². The number of rotatable bonds is 2. The highest BCUT2D eigenvalue weighted by atomic mass is 32.1. The summed E-state index contributed by atoms with van der Waals surface area (Å²) < 4.78 is 36.4. The Morgan fingerprint density at radius 3 is 2.46 bits per heavy atom. The first kappa shape index (κ1) is 10.5. The Morgan fingerprint density at radius 1 is 1.46 bits per heavy atom. The molecule has 0 amide bonds. The number of aryl methyl sites for hydroxylation is 1. The first-order valence-corrected chi connectivity index (χ1v) is 4.67. The number of alkyl halides is 3. The fourth-order valence-corrected chi connectivity index (χ4v) is 1.89. The molecule has 1 nitrogen and oxygen atoms in total. The highest BCUT2D eigenvalue weighted by molar-refractivity contribution is 7.12. The number of nitrogens with two attached hydrogens (primary N) is 1. The minimum Gasteiger partial charge on any atom is -0.316 e. The molecule has 0 aromatic carbocycles. The van der Waals surface area contributed by atoms with E-state index in [1.165, 1.54) is 6.07 Å². The number of thiophene rings is 1. The average molecular weight is 209 g/mol. The van der Waals surface area contributed by atoms with Crippen LogP contribution >= 0.6 is 11.3 Å². The summed E-state index contributed by atoms with van der Waals surface area (Å²) in [5, 5.41) is 0. The molecule has 0 fully saturated rings. The summed E-state index contributed by atoms with van der Waals surface area (Å²) in [6, 6.07) is 1.30. The van der Waals surface area contributed by atoms with Crippen LogP contribution in [0.5, 0.6) is 0 Å². The van der Waals surface area contributed by atoms with Crippen molar-refractivity contribution < 1.29 is 13.2 Å². The van der Waals surface area contributed by atoms with Crippen molar-refractivity contribution in [2.45, 2.75) is 25.6 Å². The molecule has 74 valence electrons. The number of hydrogen-bond donors (Lipinski definition) is 1. The van der Waals surface area contributed by atoms with Crippen LogP contribution in [-0.2, 0) is 6.42 Å². The van der Waals surface area contributed by atoms with Gasteiger partial charge >= 0.3 is 6.18 Å². The first-order chi connectivity index (χ1) is 5.95. The lowest BCUT2D eigenvalue weighted by molar-refractivity contribution is -0.148. The van der Waals surface area contributed by atoms with Gasteiger partial charge in [-0.1, -0.05) is 6.92 Å². The standard InChI is InChI=1S/C8H10F3NS/c1-2-5-3-4-6(13-5)7(12)8(9,10)11/h3-4,7H,2,12H2,1H3/t7-/m1/s1. The Labute approximate surface area is 78.4 Å². The van der Waals surface area contributed by atoms with Gasteiger partial charge in [-0.25, -0.2) is 0 Å². The molecule has 0 aliphatic rings. The van der Waals surface area contributed by atoms with Gasteiger partial charge in [0, 0.05) is 9.75 Å². The van der Waals surface area contributed by atoms with Crippen molar-refractivity contribution in [2.75, 3.05) is 0 Å². The minimum atomic E-state index is -4.34. The van der Waals surface area contributed by atoms with E-state index in [2.05, 4.69) is 0 Å². The van der Waals surface area contributed by atoms with E-state index in [1.54, 1.807) is 6.07 Å². The SMILES string of the molecule is CCc1ccc([C@@H](N)C(F)(F)F)s1. The predicted octanol–water partition coefficient (Wildman–Crippen LogP) is 2.87. The molecule has 0 unspecified atom stereocenters. The van der Waals surface area contributed by atoms with E-state index in [0.717, 1.165) is 22.6 Å². The van der Waals surface area contributed by atoms with Crippen molar-refractivity contribution in [2.24, 2.45) is 5.73 Å². The van der Waals surface area contributed by atoms with Crippen LogP contribution in [-0.4, -0.2) is 6.18 Å². The molecular weight excluding hydrogens is 199 g/mol. The topological polar surface area (TPSA) is 26.0 Å². The molecule has 1 atom stereocenters. The van der Waals surface area contributed by atoms with Gasteiger partial charge in [-0.05, 0) is 18.6 Å². The fourth-order valence-electron chi connectivity index (χ4n) is 0.913. The molecule has 1 aromatic rings. The number of halogens is 3. The maximum absolute atomic E-state index is 12.1. The molecule has 13 heavy (non-hydrogen) atoms. The highest BCUT2D eigenvalue weighted by Gasteiger charge is 2.38. The van der Waals surface area contributed by atoms with Gasteiger partial charge in [-0.15, -0.1) is 11.3 Å². The van der Waals surface area contributed by atoms with Crippen molar-refractivity contribution in [1.82, 2.24) is 0 Å². The molecule has 0 radical (unpaired) electrons. The summed E-state index contributed by atoms with van der Waals surface area (Å²) in [5.74, 6) is 0. The second-order valence-electron chi connectivity index (χ2n) is 2.68. The van der Waals surface area contributed by atoms with Gasteiger partial charge < -0.3 is 5.73 Å². The third-order valence-corrected chi connectivity index (χ3v) is 3.00. The lowest BCUT2D eigenvalue weighted by Crippen LogP contribution is -2.27. The summed E-state index contributed by atoms with van der Waals surface area (Å²) in [7, 11) is 0. The monoisotopic (exact) mass is 209 g/mol. The van der Waals surface area contributed by atoms with Crippen LogP contribution in [0.3, 0.4) is 0 Å². The molecule has 0 aliphatic carbocycles. The van der Waals surface area contributed by atoms with E-state index in [0.29, 0.717) is 0 Å². The Bertz CT molecular complexity index is 279. The van der Waals surface area contributed by atoms with Crippen molar-refractivity contribution in [3.63, 3.8) is 0 Å². The third-order valence-electron chi connectivity index (χ3n) is 1.69. The van der Waals surface area contributed by atoms with Crippen LogP contribution in [0.15, 0.2) is 12.1 Å². The third kappa shape index (κ3) is 2.45. The van der Waals surface area contributed by atoms with Crippen LogP contribution in [0, 0.1) is 0 Å². The Hall–Kier alpha value is -0.550. The van der Waals surface area contributed by atoms with E-state index in [9.17, 15) is 13.2 Å². The lowest BCUT2D eigenvalue weighted by Gasteiger charge is -2.13. The maximum atomic E-state index is 12.1. The van der Waals surface area contributed by atoms with E-state index in [4.69, 9.17) is 5.73 Å². The van der Waals surface area contributed by atoms with Gasteiger partial charge in [-0.3, -0.25) is 0 Å². The zero-order valence-electron chi connectivity index (χ0n) is 7.06. The normalized spacial score (nSPS) is 14.5.